The molecule has 6 nitrogen and oxygen atoms in total. The lowest BCUT2D eigenvalue weighted by molar-refractivity contribution is -0.117. The summed E-state index contributed by atoms with van der Waals surface area (Å²) in [7, 11) is 3.80. The Hall–Kier alpha value is -3.28. The van der Waals surface area contributed by atoms with Gasteiger partial charge in [-0.2, -0.15) is 0 Å². The van der Waals surface area contributed by atoms with Crippen molar-refractivity contribution in [3.8, 4) is 5.75 Å². The van der Waals surface area contributed by atoms with Crippen LogP contribution in [0.1, 0.15) is 21.5 Å². The van der Waals surface area contributed by atoms with Gasteiger partial charge >= 0.3 is 0 Å². The van der Waals surface area contributed by atoms with Crippen molar-refractivity contribution in [2.24, 2.45) is 0 Å². The zero-order chi connectivity index (χ0) is 18.5. The Morgan fingerprint density at radius 2 is 1.96 bits per heavy atom. The first-order chi connectivity index (χ1) is 12.5. The third kappa shape index (κ3) is 4.22. The number of nitrogens with zero attached hydrogens (tertiary/aromatic N) is 1. The van der Waals surface area contributed by atoms with Crippen LogP contribution in [0.2, 0.25) is 0 Å². The van der Waals surface area contributed by atoms with Crippen molar-refractivity contribution < 1.29 is 14.3 Å². The average molecular weight is 351 g/mol. The summed E-state index contributed by atoms with van der Waals surface area (Å²) >= 11 is 0. The number of hydrazine groups is 1. The van der Waals surface area contributed by atoms with E-state index in [9.17, 15) is 9.59 Å². The highest BCUT2D eigenvalue weighted by Crippen LogP contribution is 2.26. The van der Waals surface area contributed by atoms with Gasteiger partial charge < -0.3 is 9.64 Å². The molecule has 0 aromatic heterocycles. The van der Waals surface area contributed by atoms with E-state index in [2.05, 4.69) is 10.9 Å². The molecule has 0 radical (unpaired) electrons. The molecule has 26 heavy (non-hydrogen) atoms. The molecule has 1 aliphatic rings. The van der Waals surface area contributed by atoms with Crippen LogP contribution in [0.3, 0.4) is 0 Å². The first-order valence-corrected chi connectivity index (χ1v) is 8.34. The summed E-state index contributed by atoms with van der Waals surface area (Å²) in [5.41, 5.74) is 8.23. The molecule has 1 heterocycles. The first kappa shape index (κ1) is 17.5. The van der Waals surface area contributed by atoms with Crippen molar-refractivity contribution in [1.82, 2.24) is 10.9 Å². The summed E-state index contributed by atoms with van der Waals surface area (Å²) in [5, 5.41) is 0. The summed E-state index contributed by atoms with van der Waals surface area (Å²) in [6.07, 6.45) is 3.96. The lowest BCUT2D eigenvalue weighted by atomic mass is 10.1. The van der Waals surface area contributed by atoms with Crippen molar-refractivity contribution in [2.45, 2.75) is 6.42 Å². The second-order valence-corrected chi connectivity index (χ2v) is 6.19. The lowest BCUT2D eigenvalue weighted by Crippen LogP contribution is -2.40. The normalized spacial score (nSPS) is 12.4. The van der Waals surface area contributed by atoms with Gasteiger partial charge in [-0.15, -0.1) is 0 Å². The number of fused-ring (bicyclic) bond motifs is 1. The molecule has 0 saturated carbocycles. The predicted molar refractivity (Wildman–Crippen MR) is 101 cm³/mol. The number of carbonyl (C=O) groups excluding carboxylic acids is 2. The van der Waals surface area contributed by atoms with Gasteiger partial charge in [-0.25, -0.2) is 0 Å². The number of amides is 2. The number of ether oxygens (including phenoxy) is 1. The maximum atomic E-state index is 12.1. The van der Waals surface area contributed by atoms with Gasteiger partial charge in [0, 0.05) is 37.8 Å². The fraction of sp³-hybridized carbons (Fsp3) is 0.200. The summed E-state index contributed by atoms with van der Waals surface area (Å²) in [6.45, 7) is 0.698. The first-order valence-electron chi connectivity index (χ1n) is 8.34. The van der Waals surface area contributed by atoms with Crippen molar-refractivity contribution in [1.29, 1.82) is 0 Å². The highest BCUT2D eigenvalue weighted by molar-refractivity contribution is 5.98. The lowest BCUT2D eigenvalue weighted by Gasteiger charge is -2.13. The molecule has 2 N–H and O–H groups in total. The molecule has 2 aromatic rings. The van der Waals surface area contributed by atoms with Gasteiger partial charge in [0.05, 0.1) is 6.61 Å². The van der Waals surface area contributed by atoms with Crippen LogP contribution in [0.15, 0.2) is 48.5 Å². The van der Waals surface area contributed by atoms with Crippen molar-refractivity contribution in [3.63, 3.8) is 0 Å². The molecule has 0 fully saturated rings. The zero-order valence-corrected chi connectivity index (χ0v) is 14.8. The molecule has 0 spiro atoms. The van der Waals surface area contributed by atoms with Gasteiger partial charge in [0.2, 0.25) is 0 Å². The quantitative estimate of drug-likeness (QED) is 0.654. The Labute approximate surface area is 152 Å². The molecule has 134 valence electrons. The van der Waals surface area contributed by atoms with Crippen LogP contribution in [0, 0.1) is 0 Å². The minimum Gasteiger partial charge on any atom is -0.493 e. The topological polar surface area (TPSA) is 70.7 Å². The molecule has 0 saturated heterocycles. The highest BCUT2D eigenvalue weighted by atomic mass is 16.5. The third-order valence-corrected chi connectivity index (χ3v) is 4.06. The number of nitrogens with one attached hydrogen (secondary N) is 2. The molecule has 1 aliphatic heterocycles. The maximum Gasteiger partial charge on any atom is 0.269 e. The standard InChI is InChI=1S/C20H21N3O3/c1-23(2)17-5-3-4-16(13-17)20(25)22-21-19(24)9-7-14-6-8-18-15(12-14)10-11-26-18/h3-9,12-13H,10-11H2,1-2H3,(H,21,24)(H,22,25)/b9-7+. The zero-order valence-electron chi connectivity index (χ0n) is 14.8. The Bertz CT molecular complexity index is 859. The van der Waals surface area contributed by atoms with Gasteiger partial charge in [0.15, 0.2) is 0 Å². The Morgan fingerprint density at radius 1 is 1.12 bits per heavy atom. The van der Waals surface area contributed by atoms with Crippen LogP contribution < -0.4 is 20.5 Å². The van der Waals surface area contributed by atoms with E-state index >= 15 is 0 Å². The highest BCUT2D eigenvalue weighted by Gasteiger charge is 2.11. The summed E-state index contributed by atoms with van der Waals surface area (Å²) < 4.78 is 5.46. The molecular weight excluding hydrogens is 330 g/mol. The van der Waals surface area contributed by atoms with Crippen LogP contribution in [0.25, 0.3) is 6.08 Å². The van der Waals surface area contributed by atoms with E-state index in [4.69, 9.17) is 4.74 Å². The van der Waals surface area contributed by atoms with E-state index in [0.29, 0.717) is 12.2 Å². The van der Waals surface area contributed by atoms with E-state index in [-0.39, 0.29) is 5.91 Å². The molecule has 0 unspecified atom stereocenters. The van der Waals surface area contributed by atoms with Crippen LogP contribution in [0.4, 0.5) is 5.69 Å². The van der Waals surface area contributed by atoms with Crippen LogP contribution in [-0.2, 0) is 11.2 Å². The molecule has 0 atom stereocenters. The van der Waals surface area contributed by atoms with E-state index in [1.54, 1.807) is 24.3 Å². The number of benzene rings is 2. The SMILES string of the molecule is CN(C)c1cccc(C(=O)NNC(=O)/C=C/c2ccc3c(c2)CCO3)c1. The Kier molecular flexibility index (Phi) is 5.22. The van der Waals surface area contributed by atoms with Crippen LogP contribution in [0.5, 0.6) is 5.75 Å². The van der Waals surface area contributed by atoms with E-state index < -0.39 is 5.91 Å². The fourth-order valence-corrected chi connectivity index (χ4v) is 2.64. The molecule has 3 rings (SSSR count). The van der Waals surface area contributed by atoms with Crippen LogP contribution >= 0.6 is 0 Å². The van der Waals surface area contributed by atoms with Gasteiger partial charge in [0.25, 0.3) is 11.8 Å². The third-order valence-electron chi connectivity index (χ3n) is 4.06. The second-order valence-electron chi connectivity index (χ2n) is 6.19. The fourth-order valence-electron chi connectivity index (χ4n) is 2.64. The number of rotatable bonds is 4. The van der Waals surface area contributed by atoms with Crippen molar-refractivity contribution in [3.05, 3.63) is 65.2 Å². The predicted octanol–water partition coefficient (Wildman–Crippen LogP) is 2.16. The van der Waals surface area contributed by atoms with E-state index in [1.165, 1.54) is 6.08 Å². The molecule has 0 aliphatic carbocycles. The number of hydrogen-bond donors (Lipinski definition) is 2. The van der Waals surface area contributed by atoms with Crippen molar-refractivity contribution >= 4 is 23.6 Å². The van der Waals surface area contributed by atoms with Gasteiger partial charge in [-0.05, 0) is 47.5 Å². The van der Waals surface area contributed by atoms with Gasteiger partial charge in [-0.1, -0.05) is 12.1 Å². The number of carbonyl (C=O) groups is 2. The van der Waals surface area contributed by atoms with E-state index in [1.807, 2.05) is 43.3 Å². The minimum absolute atomic E-state index is 0.370. The van der Waals surface area contributed by atoms with Gasteiger partial charge in [-0.3, -0.25) is 20.4 Å². The summed E-state index contributed by atoms with van der Waals surface area (Å²) in [6, 6.07) is 12.9. The van der Waals surface area contributed by atoms with Gasteiger partial charge in [0.1, 0.15) is 5.75 Å². The second kappa shape index (κ2) is 7.74. The van der Waals surface area contributed by atoms with Crippen LogP contribution in [-0.4, -0.2) is 32.5 Å². The maximum absolute atomic E-state index is 12.1. The molecular formula is C20H21N3O3. The van der Waals surface area contributed by atoms with E-state index in [0.717, 1.165) is 29.0 Å². The Balaban J connectivity index is 1.55. The number of anilines is 1. The monoisotopic (exact) mass is 351 g/mol. The molecule has 6 heteroatoms. The largest absolute Gasteiger partial charge is 0.493 e. The number of hydrogen-bond acceptors (Lipinski definition) is 4. The summed E-state index contributed by atoms with van der Waals surface area (Å²) in [4.78, 5) is 26.0. The molecule has 2 aromatic carbocycles. The smallest absolute Gasteiger partial charge is 0.269 e. The average Bonchev–Trinajstić information content (AvgIpc) is 3.12. The molecule has 0 bridgehead atoms. The molecule has 2 amide bonds. The Morgan fingerprint density at radius 3 is 2.77 bits per heavy atom. The summed E-state index contributed by atoms with van der Waals surface area (Å²) in [5.74, 6) is 0.128. The minimum atomic E-state index is -0.404. The van der Waals surface area contributed by atoms with Crippen molar-refractivity contribution in [2.75, 3.05) is 25.6 Å².